The number of hydrogen-bond acceptors (Lipinski definition) is 6. The largest absolute Gasteiger partial charge is 2.00 e. The Morgan fingerprint density at radius 3 is 0.706 bits per heavy atom. The first-order valence-corrected chi connectivity index (χ1v) is 5.36. The van der Waals surface area contributed by atoms with E-state index in [0.717, 1.165) is 0 Å². The molecule has 15 heteroatoms. The molecule has 17 heavy (non-hydrogen) atoms. The Morgan fingerprint density at radius 2 is 0.706 bits per heavy atom. The summed E-state index contributed by atoms with van der Waals surface area (Å²) in [6, 6.07) is 0. The van der Waals surface area contributed by atoms with Crippen LogP contribution in [0.15, 0.2) is 0 Å². The summed E-state index contributed by atoms with van der Waals surface area (Å²) in [4.78, 5) is 0. The van der Waals surface area contributed by atoms with Crippen molar-refractivity contribution in [1.29, 1.82) is 0 Å². The molecule has 0 saturated heterocycles. The van der Waals surface area contributed by atoms with Gasteiger partial charge in [-0.3, -0.25) is 0 Å². The Kier molecular flexibility index (Phi) is 8.93. The van der Waals surface area contributed by atoms with Crippen LogP contribution < -0.4 is 0 Å². The summed E-state index contributed by atoms with van der Waals surface area (Å²) in [5.41, 5.74) is -11.3. The van der Waals surface area contributed by atoms with Gasteiger partial charge in [-0.15, -0.1) is 0 Å². The molecule has 0 unspecified atom stereocenters. The summed E-state index contributed by atoms with van der Waals surface area (Å²) in [6.07, 6.45) is 0. The van der Waals surface area contributed by atoms with Crippen LogP contribution in [0.5, 0.6) is 0 Å². The molecule has 0 saturated carbocycles. The van der Waals surface area contributed by atoms with Crippen molar-refractivity contribution in [2.24, 2.45) is 0 Å². The van der Waals surface area contributed by atoms with Crippen LogP contribution in [0.2, 0.25) is 0 Å². The van der Waals surface area contributed by atoms with E-state index in [4.69, 9.17) is 25.9 Å². The predicted octanol–water partition coefficient (Wildman–Crippen LogP) is 0.103. The topological polar surface area (TPSA) is 114 Å². The number of halogens is 6. The normalized spacial score (nSPS) is 13.2. The van der Waals surface area contributed by atoms with E-state index in [1.165, 1.54) is 0 Å². The van der Waals surface area contributed by atoms with E-state index in [2.05, 4.69) is 0 Å². The second kappa shape index (κ2) is 6.67. The summed E-state index contributed by atoms with van der Waals surface area (Å²) in [6.45, 7) is 0. The first-order valence-electron chi connectivity index (χ1n) is 2.54. The summed E-state index contributed by atoms with van der Waals surface area (Å²) in [5, 5.41) is 0. The van der Waals surface area contributed by atoms with Gasteiger partial charge >= 0.3 is 46.6 Å². The summed E-state index contributed by atoms with van der Waals surface area (Å²) < 4.78 is 118. The van der Waals surface area contributed by atoms with Gasteiger partial charge in [-0.05, 0) is 0 Å². The summed E-state index contributed by atoms with van der Waals surface area (Å²) in [5.74, 6) is 0. The molecular weight excluding hydrogens is 437 g/mol. The van der Waals surface area contributed by atoms with Gasteiger partial charge < -0.3 is 9.11 Å². The SMILES string of the molecule is O=S(=O)([O-])C(F)(F)F.O=S(=O)([O-])C(F)(F)F.[La+2]. The van der Waals surface area contributed by atoms with E-state index in [9.17, 15) is 26.3 Å². The maximum absolute atomic E-state index is 10.7. The Hall–Kier alpha value is 0.595. The maximum Gasteiger partial charge on any atom is 2.00 e. The second-order valence-electron chi connectivity index (χ2n) is 1.80. The van der Waals surface area contributed by atoms with Crippen LogP contribution in [0.3, 0.4) is 0 Å². The quantitative estimate of drug-likeness (QED) is 0.302. The standard InChI is InChI=1S/2CHF3O3S.La/c2*2-1(3,4)8(5,6)7;/h2*(H,5,6,7);/q;;+2/p-2. The molecule has 101 valence electrons. The smallest absolute Gasteiger partial charge is 0.741 e. The van der Waals surface area contributed by atoms with Gasteiger partial charge in [-0.2, -0.15) is 26.3 Å². The van der Waals surface area contributed by atoms with Crippen molar-refractivity contribution >= 4 is 20.2 Å². The average Bonchev–Trinajstić information content (AvgIpc) is 1.77. The second-order valence-corrected chi connectivity index (χ2v) is 4.54. The molecule has 0 spiro atoms. The van der Waals surface area contributed by atoms with E-state index >= 15 is 0 Å². The third-order valence-corrected chi connectivity index (χ3v) is 1.70. The predicted molar refractivity (Wildman–Crippen MR) is 31.5 cm³/mol. The fraction of sp³-hybridized carbons (Fsp3) is 1.00. The van der Waals surface area contributed by atoms with E-state index in [1.807, 2.05) is 0 Å². The minimum absolute atomic E-state index is 0. The van der Waals surface area contributed by atoms with Crippen LogP contribution in [0, 0.1) is 35.6 Å². The molecule has 0 aromatic rings. The van der Waals surface area contributed by atoms with Gasteiger partial charge in [0.05, 0.1) is 0 Å². The van der Waals surface area contributed by atoms with Gasteiger partial charge in [0.25, 0.3) is 0 Å². The Bertz CT molecular complexity index is 374. The van der Waals surface area contributed by atoms with Crippen molar-refractivity contribution in [3.8, 4) is 0 Å². The van der Waals surface area contributed by atoms with Crippen LogP contribution in [-0.4, -0.2) is 37.0 Å². The van der Waals surface area contributed by atoms with Crippen molar-refractivity contribution in [3.63, 3.8) is 0 Å². The van der Waals surface area contributed by atoms with Crippen molar-refractivity contribution in [1.82, 2.24) is 0 Å². The zero-order valence-corrected chi connectivity index (χ0v) is 12.4. The monoisotopic (exact) mass is 437 g/mol. The maximum atomic E-state index is 10.7. The van der Waals surface area contributed by atoms with Gasteiger partial charge in [-0.1, -0.05) is 0 Å². The zero-order chi connectivity index (χ0) is 14.0. The fourth-order valence-corrected chi connectivity index (χ4v) is 0. The molecule has 0 heterocycles. The molecular formula is C2F6LaO6S2. The third-order valence-electron chi connectivity index (χ3n) is 0.567. The molecule has 0 aliphatic rings. The molecule has 0 amide bonds. The minimum Gasteiger partial charge on any atom is -0.741 e. The minimum atomic E-state index is -6.09. The summed E-state index contributed by atoms with van der Waals surface area (Å²) in [7, 11) is -12.2. The van der Waals surface area contributed by atoms with Crippen molar-refractivity contribution < 1.29 is 87.9 Å². The van der Waals surface area contributed by atoms with Crippen LogP contribution >= 0.6 is 0 Å². The molecule has 0 bridgehead atoms. The molecule has 0 aromatic carbocycles. The Balaban J connectivity index is -0.000000218. The molecule has 0 aromatic heterocycles. The van der Waals surface area contributed by atoms with E-state index < -0.39 is 31.3 Å². The van der Waals surface area contributed by atoms with Crippen LogP contribution in [0.1, 0.15) is 0 Å². The Morgan fingerprint density at radius 1 is 0.647 bits per heavy atom. The number of hydrogen-bond donors (Lipinski definition) is 0. The van der Waals surface area contributed by atoms with Gasteiger partial charge in [-0.25, -0.2) is 16.8 Å². The first kappa shape index (κ1) is 22.7. The third kappa shape index (κ3) is 10.2. The molecule has 0 aliphatic carbocycles. The molecule has 0 N–H and O–H groups in total. The van der Waals surface area contributed by atoms with Gasteiger partial charge in [0.15, 0.2) is 20.2 Å². The van der Waals surface area contributed by atoms with Gasteiger partial charge in [0.2, 0.25) is 0 Å². The summed E-state index contributed by atoms with van der Waals surface area (Å²) >= 11 is 0. The van der Waals surface area contributed by atoms with Gasteiger partial charge in [0, 0.05) is 0 Å². The van der Waals surface area contributed by atoms with Crippen LogP contribution in [-0.2, 0) is 20.2 Å². The molecule has 0 fully saturated rings. The van der Waals surface area contributed by atoms with Crippen molar-refractivity contribution in [2.75, 3.05) is 0 Å². The molecule has 6 nitrogen and oxygen atoms in total. The first-order chi connectivity index (χ1) is 6.50. The number of rotatable bonds is 0. The number of alkyl halides is 6. The van der Waals surface area contributed by atoms with Crippen molar-refractivity contribution in [2.45, 2.75) is 11.0 Å². The zero-order valence-electron chi connectivity index (χ0n) is 7.11. The fourth-order valence-electron chi connectivity index (χ4n) is 0. The van der Waals surface area contributed by atoms with Crippen molar-refractivity contribution in [3.05, 3.63) is 0 Å². The van der Waals surface area contributed by atoms with Gasteiger partial charge in [0.1, 0.15) is 0 Å². The molecule has 0 aliphatic heterocycles. The average molecular weight is 437 g/mol. The van der Waals surface area contributed by atoms with E-state index in [1.54, 1.807) is 0 Å². The molecule has 0 atom stereocenters. The Labute approximate surface area is 118 Å². The van der Waals surface area contributed by atoms with E-state index in [0.29, 0.717) is 0 Å². The van der Waals surface area contributed by atoms with E-state index in [-0.39, 0.29) is 35.6 Å². The van der Waals surface area contributed by atoms with Crippen LogP contribution in [0.25, 0.3) is 0 Å². The molecule has 1 radical (unpaired) electrons. The van der Waals surface area contributed by atoms with Crippen LogP contribution in [0.4, 0.5) is 26.3 Å². The molecule has 0 rings (SSSR count).